The molecule has 0 aliphatic carbocycles. The molecule has 0 amide bonds. The lowest BCUT2D eigenvalue weighted by atomic mass is 10.0. The van der Waals surface area contributed by atoms with E-state index < -0.39 is 18.6 Å². The normalized spacial score (nSPS) is 13.6. The third kappa shape index (κ3) is 6.07. The van der Waals surface area contributed by atoms with Crippen LogP contribution in [-0.2, 0) is 0 Å². The first-order chi connectivity index (χ1) is 8.83. The van der Waals surface area contributed by atoms with Crippen molar-refractivity contribution < 1.29 is 17.6 Å². The van der Waals surface area contributed by atoms with Crippen LogP contribution < -0.4 is 5.32 Å². The Bertz CT molecular complexity index is 406. The number of nitrogens with one attached hydrogen (secondary N) is 1. The molecule has 1 N–H and O–H groups in total. The van der Waals surface area contributed by atoms with Gasteiger partial charge in [-0.3, -0.25) is 0 Å². The van der Waals surface area contributed by atoms with Crippen LogP contribution in [0.25, 0.3) is 0 Å². The van der Waals surface area contributed by atoms with Crippen LogP contribution in [0.1, 0.15) is 37.8 Å². The van der Waals surface area contributed by atoms with E-state index in [1.807, 2.05) is 29.5 Å². The van der Waals surface area contributed by atoms with Crippen LogP contribution in [0.2, 0.25) is 0 Å². The summed E-state index contributed by atoms with van der Waals surface area (Å²) in [6.45, 7) is 2.58. The fourth-order valence-electron chi connectivity index (χ4n) is 1.78. The van der Waals surface area contributed by atoms with Crippen LogP contribution in [0.3, 0.4) is 0 Å². The number of alkyl halides is 3. The van der Waals surface area contributed by atoms with E-state index in [4.69, 9.17) is 0 Å². The summed E-state index contributed by atoms with van der Waals surface area (Å²) in [7, 11) is 0. The van der Waals surface area contributed by atoms with E-state index in [0.717, 1.165) is 12.0 Å². The Hall–Kier alpha value is -0.370. The molecule has 0 heterocycles. The second kappa shape index (κ2) is 7.42. The van der Waals surface area contributed by atoms with Crippen molar-refractivity contribution in [2.24, 2.45) is 0 Å². The van der Waals surface area contributed by atoms with Gasteiger partial charge in [-0.15, -0.1) is 0 Å². The van der Waals surface area contributed by atoms with Crippen LogP contribution >= 0.6 is 22.6 Å². The Balaban J connectivity index is 2.83. The third-order valence-electron chi connectivity index (χ3n) is 2.70. The van der Waals surface area contributed by atoms with E-state index in [0.29, 0.717) is 10.1 Å². The van der Waals surface area contributed by atoms with Crippen molar-refractivity contribution in [2.75, 3.05) is 6.54 Å². The molecule has 0 aromatic heterocycles. The van der Waals surface area contributed by atoms with Crippen molar-refractivity contribution in [3.63, 3.8) is 0 Å². The molecule has 1 nitrogen and oxygen atoms in total. The Morgan fingerprint density at radius 2 is 2.00 bits per heavy atom. The average Bonchev–Trinajstić information content (AvgIpc) is 2.29. The molecule has 0 saturated carbocycles. The predicted molar refractivity (Wildman–Crippen MR) is 75.4 cm³/mol. The summed E-state index contributed by atoms with van der Waals surface area (Å²) in [5, 5.41) is 3.09. The quantitative estimate of drug-likeness (QED) is 0.544. The van der Waals surface area contributed by atoms with E-state index in [-0.39, 0.29) is 12.2 Å². The SMILES string of the molecule is CCCNC(CCC(F)(F)F)c1ccc(F)cc1I. The Kier molecular flexibility index (Phi) is 6.52. The van der Waals surface area contributed by atoms with Crippen molar-refractivity contribution in [1.82, 2.24) is 5.32 Å². The molecule has 0 aliphatic heterocycles. The minimum atomic E-state index is -4.17. The van der Waals surface area contributed by atoms with Crippen molar-refractivity contribution in [3.05, 3.63) is 33.1 Å². The molecule has 0 radical (unpaired) electrons. The molecule has 0 bridgehead atoms. The van der Waals surface area contributed by atoms with Gasteiger partial charge >= 0.3 is 6.18 Å². The molecular weight excluding hydrogens is 373 g/mol. The number of rotatable bonds is 6. The van der Waals surface area contributed by atoms with Gasteiger partial charge in [-0.05, 0) is 59.7 Å². The Morgan fingerprint density at radius 3 is 2.53 bits per heavy atom. The van der Waals surface area contributed by atoms with Crippen LogP contribution in [-0.4, -0.2) is 12.7 Å². The summed E-state index contributed by atoms with van der Waals surface area (Å²) in [4.78, 5) is 0. The largest absolute Gasteiger partial charge is 0.389 e. The van der Waals surface area contributed by atoms with Crippen molar-refractivity contribution in [2.45, 2.75) is 38.4 Å². The summed E-state index contributed by atoms with van der Waals surface area (Å²) in [5.74, 6) is -0.377. The van der Waals surface area contributed by atoms with Gasteiger partial charge in [-0.25, -0.2) is 4.39 Å². The molecule has 1 aromatic carbocycles. The Morgan fingerprint density at radius 1 is 1.32 bits per heavy atom. The maximum absolute atomic E-state index is 13.0. The molecule has 1 rings (SSSR count). The first kappa shape index (κ1) is 16.7. The summed E-state index contributed by atoms with van der Waals surface area (Å²) in [6, 6.07) is 3.78. The zero-order chi connectivity index (χ0) is 14.5. The van der Waals surface area contributed by atoms with Gasteiger partial charge in [0.1, 0.15) is 5.82 Å². The maximum Gasteiger partial charge on any atom is 0.389 e. The number of halogens is 5. The predicted octanol–water partition coefficient (Wildman–Crippen LogP) is 4.81. The van der Waals surface area contributed by atoms with Gasteiger partial charge in [-0.1, -0.05) is 13.0 Å². The number of hydrogen-bond acceptors (Lipinski definition) is 1. The first-order valence-electron chi connectivity index (χ1n) is 6.08. The monoisotopic (exact) mass is 389 g/mol. The molecule has 0 spiro atoms. The highest BCUT2D eigenvalue weighted by Crippen LogP contribution is 2.30. The minimum absolute atomic E-state index is 0.0366. The second-order valence-electron chi connectivity index (χ2n) is 4.33. The lowest BCUT2D eigenvalue weighted by Crippen LogP contribution is -2.25. The van der Waals surface area contributed by atoms with Crippen LogP contribution in [0.4, 0.5) is 17.6 Å². The second-order valence-corrected chi connectivity index (χ2v) is 5.49. The summed E-state index contributed by atoms with van der Waals surface area (Å²) in [6.07, 6.45) is -4.22. The standard InChI is InChI=1S/C13H16F4IN/c1-2-7-19-12(5-6-13(15,16)17)10-4-3-9(14)8-11(10)18/h3-4,8,12,19H,2,5-7H2,1H3. The van der Waals surface area contributed by atoms with Crippen LogP contribution in [0.15, 0.2) is 18.2 Å². The van der Waals surface area contributed by atoms with Gasteiger partial charge in [0.25, 0.3) is 0 Å². The molecular formula is C13H16F4IN. The highest BCUT2D eigenvalue weighted by atomic mass is 127. The van der Waals surface area contributed by atoms with Gasteiger partial charge < -0.3 is 5.32 Å². The van der Waals surface area contributed by atoms with Crippen LogP contribution in [0.5, 0.6) is 0 Å². The smallest absolute Gasteiger partial charge is 0.310 e. The van der Waals surface area contributed by atoms with Crippen molar-refractivity contribution in [1.29, 1.82) is 0 Å². The fraction of sp³-hybridized carbons (Fsp3) is 0.538. The Labute approximate surface area is 123 Å². The van der Waals surface area contributed by atoms with E-state index in [2.05, 4.69) is 5.32 Å². The zero-order valence-corrected chi connectivity index (χ0v) is 12.7. The summed E-state index contributed by atoms with van der Waals surface area (Å²) in [5.41, 5.74) is 0.722. The van der Waals surface area contributed by atoms with E-state index >= 15 is 0 Å². The number of hydrogen-bond donors (Lipinski definition) is 1. The first-order valence-corrected chi connectivity index (χ1v) is 7.16. The molecule has 1 aromatic rings. The van der Waals surface area contributed by atoms with Gasteiger partial charge in [0, 0.05) is 16.0 Å². The molecule has 108 valence electrons. The molecule has 6 heteroatoms. The lowest BCUT2D eigenvalue weighted by Gasteiger charge is -2.21. The highest BCUT2D eigenvalue weighted by molar-refractivity contribution is 14.1. The average molecular weight is 389 g/mol. The van der Waals surface area contributed by atoms with Gasteiger partial charge in [0.05, 0.1) is 0 Å². The van der Waals surface area contributed by atoms with E-state index in [9.17, 15) is 17.6 Å². The van der Waals surface area contributed by atoms with Gasteiger partial charge in [0.15, 0.2) is 0 Å². The lowest BCUT2D eigenvalue weighted by molar-refractivity contribution is -0.136. The summed E-state index contributed by atoms with van der Waals surface area (Å²) >= 11 is 1.95. The third-order valence-corrected chi connectivity index (χ3v) is 3.63. The molecule has 0 aliphatic rings. The molecule has 19 heavy (non-hydrogen) atoms. The van der Waals surface area contributed by atoms with Crippen LogP contribution in [0, 0.1) is 9.39 Å². The topological polar surface area (TPSA) is 12.0 Å². The fourth-order valence-corrected chi connectivity index (χ4v) is 2.63. The molecule has 0 saturated heterocycles. The minimum Gasteiger partial charge on any atom is -0.310 e. The van der Waals surface area contributed by atoms with Crippen molar-refractivity contribution in [3.8, 4) is 0 Å². The maximum atomic E-state index is 13.0. The zero-order valence-electron chi connectivity index (χ0n) is 10.5. The van der Waals surface area contributed by atoms with Gasteiger partial charge in [0.2, 0.25) is 0 Å². The summed E-state index contributed by atoms with van der Waals surface area (Å²) < 4.78 is 50.7. The highest BCUT2D eigenvalue weighted by Gasteiger charge is 2.29. The molecule has 1 atom stereocenters. The van der Waals surface area contributed by atoms with Crippen molar-refractivity contribution >= 4 is 22.6 Å². The number of benzene rings is 1. The molecule has 0 fully saturated rings. The van der Waals surface area contributed by atoms with E-state index in [1.165, 1.54) is 12.1 Å². The van der Waals surface area contributed by atoms with E-state index in [1.54, 1.807) is 6.07 Å². The molecule has 1 unspecified atom stereocenters. The van der Waals surface area contributed by atoms with Gasteiger partial charge in [-0.2, -0.15) is 13.2 Å².